The first kappa shape index (κ1) is 11.3. The molecule has 0 atom stereocenters. The van der Waals surface area contributed by atoms with Gasteiger partial charge in [0.1, 0.15) is 5.82 Å². The van der Waals surface area contributed by atoms with Crippen LogP contribution in [0.15, 0.2) is 18.2 Å². The monoisotopic (exact) mass is 285 g/mol. The maximum absolute atomic E-state index is 6.15. The average Bonchev–Trinajstić information content (AvgIpc) is 2.83. The van der Waals surface area contributed by atoms with Crippen molar-refractivity contribution >= 4 is 40.8 Å². The van der Waals surface area contributed by atoms with Gasteiger partial charge in [0.2, 0.25) is 0 Å². The van der Waals surface area contributed by atoms with E-state index in [1.807, 2.05) is 17.8 Å². The summed E-state index contributed by atoms with van der Waals surface area (Å²) >= 11 is 13.8. The number of nitrogen functional groups attached to an aromatic ring is 1. The van der Waals surface area contributed by atoms with Crippen LogP contribution in [0.1, 0.15) is 11.3 Å². The molecule has 1 aliphatic rings. The Balaban J connectivity index is 2.16. The zero-order valence-electron chi connectivity index (χ0n) is 8.78. The number of fused-ring (bicyclic) bond motifs is 1. The van der Waals surface area contributed by atoms with E-state index in [1.54, 1.807) is 16.8 Å². The third kappa shape index (κ3) is 1.80. The van der Waals surface area contributed by atoms with Crippen LogP contribution >= 0.6 is 35.0 Å². The van der Waals surface area contributed by atoms with Gasteiger partial charge in [0.25, 0.3) is 0 Å². The third-order valence-corrected chi connectivity index (χ3v) is 4.24. The van der Waals surface area contributed by atoms with Crippen molar-refractivity contribution in [1.82, 2.24) is 9.78 Å². The van der Waals surface area contributed by atoms with Gasteiger partial charge in [-0.05, 0) is 18.2 Å². The number of hydrogen-bond donors (Lipinski definition) is 1. The summed E-state index contributed by atoms with van der Waals surface area (Å²) < 4.78 is 1.70. The first-order valence-corrected chi connectivity index (χ1v) is 6.97. The molecule has 0 saturated carbocycles. The number of aromatic nitrogens is 2. The fourth-order valence-corrected chi connectivity index (χ4v) is 3.40. The Hall–Kier alpha value is -0.840. The van der Waals surface area contributed by atoms with E-state index in [-0.39, 0.29) is 0 Å². The van der Waals surface area contributed by atoms with Crippen LogP contribution in [0.2, 0.25) is 10.0 Å². The van der Waals surface area contributed by atoms with Crippen LogP contribution in [0.3, 0.4) is 0 Å². The molecular weight excluding hydrogens is 277 g/mol. The molecule has 2 aromatic rings. The first-order chi connectivity index (χ1) is 8.16. The molecular formula is C11H9Cl2N3S. The standard InChI is InChI=1S/C11H9Cl2N3S/c12-6-1-2-10(8(13)3-6)16-11(14)7-4-17-5-9(7)15-16/h1-3H,4-5,14H2. The molecule has 0 aliphatic carbocycles. The SMILES string of the molecule is Nc1c2c(nn1-c1ccc(Cl)cc1Cl)CSC2. The minimum absolute atomic E-state index is 0.554. The molecule has 0 bridgehead atoms. The van der Waals surface area contributed by atoms with E-state index >= 15 is 0 Å². The fraction of sp³-hybridized carbons (Fsp3) is 0.182. The summed E-state index contributed by atoms with van der Waals surface area (Å²) in [6.07, 6.45) is 0. The molecule has 17 heavy (non-hydrogen) atoms. The lowest BCUT2D eigenvalue weighted by Crippen LogP contribution is -2.03. The Morgan fingerprint density at radius 1 is 1.29 bits per heavy atom. The van der Waals surface area contributed by atoms with Crippen molar-refractivity contribution in [2.45, 2.75) is 11.5 Å². The smallest absolute Gasteiger partial charge is 0.131 e. The molecule has 3 rings (SSSR count). The van der Waals surface area contributed by atoms with Crippen molar-refractivity contribution in [3.05, 3.63) is 39.5 Å². The Morgan fingerprint density at radius 2 is 2.12 bits per heavy atom. The van der Waals surface area contributed by atoms with Crippen LogP contribution in [-0.4, -0.2) is 9.78 Å². The maximum atomic E-state index is 6.15. The maximum Gasteiger partial charge on any atom is 0.131 e. The predicted octanol–water partition coefficient (Wildman–Crippen LogP) is 3.51. The van der Waals surface area contributed by atoms with Crippen molar-refractivity contribution in [3.63, 3.8) is 0 Å². The van der Waals surface area contributed by atoms with Gasteiger partial charge in [-0.25, -0.2) is 4.68 Å². The minimum atomic E-state index is 0.554. The zero-order valence-corrected chi connectivity index (χ0v) is 11.1. The first-order valence-electron chi connectivity index (χ1n) is 5.06. The van der Waals surface area contributed by atoms with Crippen LogP contribution in [0.25, 0.3) is 5.69 Å². The Bertz CT molecular complexity index is 595. The molecule has 6 heteroatoms. The van der Waals surface area contributed by atoms with E-state index in [4.69, 9.17) is 28.9 Å². The van der Waals surface area contributed by atoms with Gasteiger partial charge in [-0.2, -0.15) is 16.9 Å². The van der Waals surface area contributed by atoms with E-state index in [2.05, 4.69) is 5.10 Å². The van der Waals surface area contributed by atoms with Crippen molar-refractivity contribution < 1.29 is 0 Å². The number of halogens is 2. The van der Waals surface area contributed by atoms with E-state index in [9.17, 15) is 0 Å². The molecule has 0 radical (unpaired) electrons. The number of benzene rings is 1. The van der Waals surface area contributed by atoms with Crippen molar-refractivity contribution in [2.24, 2.45) is 0 Å². The highest BCUT2D eigenvalue weighted by Gasteiger charge is 2.22. The number of nitrogens with two attached hydrogens (primary N) is 1. The quantitative estimate of drug-likeness (QED) is 0.872. The number of anilines is 1. The number of rotatable bonds is 1. The summed E-state index contributed by atoms with van der Waals surface area (Å²) in [6, 6.07) is 5.31. The Labute approximate surface area is 113 Å². The van der Waals surface area contributed by atoms with Crippen molar-refractivity contribution in [1.29, 1.82) is 0 Å². The molecule has 1 aromatic carbocycles. The zero-order chi connectivity index (χ0) is 12.0. The lowest BCUT2D eigenvalue weighted by molar-refractivity contribution is 0.869. The molecule has 3 nitrogen and oxygen atoms in total. The molecule has 2 N–H and O–H groups in total. The molecule has 1 aromatic heterocycles. The van der Waals surface area contributed by atoms with Crippen molar-refractivity contribution in [2.75, 3.05) is 5.73 Å². The van der Waals surface area contributed by atoms with E-state index in [0.717, 1.165) is 28.5 Å². The van der Waals surface area contributed by atoms with Crippen molar-refractivity contribution in [3.8, 4) is 5.69 Å². The van der Waals surface area contributed by atoms with Gasteiger partial charge < -0.3 is 5.73 Å². The average molecular weight is 286 g/mol. The predicted molar refractivity (Wildman–Crippen MR) is 73.0 cm³/mol. The minimum Gasteiger partial charge on any atom is -0.383 e. The summed E-state index contributed by atoms with van der Waals surface area (Å²) in [5.41, 5.74) is 9.04. The van der Waals surface area contributed by atoms with E-state index < -0.39 is 0 Å². The van der Waals surface area contributed by atoms with Gasteiger partial charge in [-0.1, -0.05) is 23.2 Å². The molecule has 1 aliphatic heterocycles. The molecule has 0 spiro atoms. The van der Waals surface area contributed by atoms with Gasteiger partial charge in [0.15, 0.2) is 0 Å². The molecule has 2 heterocycles. The topological polar surface area (TPSA) is 43.8 Å². The second-order valence-corrected chi connectivity index (χ2v) is 5.64. The summed E-state index contributed by atoms with van der Waals surface area (Å²) in [7, 11) is 0. The van der Waals surface area contributed by atoms with Gasteiger partial charge in [-0.15, -0.1) is 0 Å². The molecule has 0 saturated heterocycles. The normalized spacial score (nSPS) is 14.0. The highest BCUT2D eigenvalue weighted by atomic mass is 35.5. The van der Waals surface area contributed by atoms with Gasteiger partial charge in [0.05, 0.1) is 16.4 Å². The Morgan fingerprint density at radius 3 is 2.82 bits per heavy atom. The van der Waals surface area contributed by atoms with Crippen LogP contribution in [0.5, 0.6) is 0 Å². The van der Waals surface area contributed by atoms with Gasteiger partial charge >= 0.3 is 0 Å². The largest absolute Gasteiger partial charge is 0.383 e. The molecule has 0 fully saturated rings. The van der Waals surface area contributed by atoms with Gasteiger partial charge in [-0.3, -0.25) is 0 Å². The summed E-state index contributed by atoms with van der Waals surface area (Å²) in [5, 5.41) is 5.65. The second kappa shape index (κ2) is 4.12. The Kier molecular flexibility index (Phi) is 2.73. The van der Waals surface area contributed by atoms with Gasteiger partial charge in [0, 0.05) is 22.1 Å². The highest BCUT2D eigenvalue weighted by molar-refractivity contribution is 7.98. The van der Waals surface area contributed by atoms with Crippen LogP contribution in [-0.2, 0) is 11.5 Å². The molecule has 0 amide bonds. The fourth-order valence-electron chi connectivity index (χ4n) is 1.87. The van der Waals surface area contributed by atoms with E-state index in [1.165, 1.54) is 0 Å². The highest BCUT2D eigenvalue weighted by Crippen LogP contribution is 2.35. The van der Waals surface area contributed by atoms with Crippen LogP contribution in [0.4, 0.5) is 5.82 Å². The lowest BCUT2D eigenvalue weighted by atomic mass is 10.3. The van der Waals surface area contributed by atoms with E-state index in [0.29, 0.717) is 15.9 Å². The number of hydrogen-bond acceptors (Lipinski definition) is 3. The van der Waals surface area contributed by atoms with Crippen LogP contribution < -0.4 is 5.73 Å². The summed E-state index contributed by atoms with van der Waals surface area (Å²) in [4.78, 5) is 0. The number of nitrogens with zero attached hydrogens (tertiary/aromatic N) is 2. The summed E-state index contributed by atoms with van der Waals surface area (Å²) in [5.74, 6) is 2.51. The third-order valence-electron chi connectivity index (χ3n) is 2.73. The lowest BCUT2D eigenvalue weighted by Gasteiger charge is -2.07. The molecule has 88 valence electrons. The number of thioether (sulfide) groups is 1. The summed E-state index contributed by atoms with van der Waals surface area (Å²) in [6.45, 7) is 0. The second-order valence-electron chi connectivity index (χ2n) is 3.81. The molecule has 0 unspecified atom stereocenters. The van der Waals surface area contributed by atoms with Crippen LogP contribution in [0, 0.1) is 0 Å².